The van der Waals surface area contributed by atoms with Crippen molar-refractivity contribution in [3.63, 3.8) is 0 Å². The van der Waals surface area contributed by atoms with Gasteiger partial charge in [-0.3, -0.25) is 9.78 Å². The Morgan fingerprint density at radius 2 is 1.97 bits per heavy atom. The van der Waals surface area contributed by atoms with Gasteiger partial charge in [0.05, 0.1) is 18.5 Å². The van der Waals surface area contributed by atoms with Crippen LogP contribution in [-0.2, 0) is 0 Å². The van der Waals surface area contributed by atoms with Crippen LogP contribution in [0.4, 0.5) is 5.69 Å². The highest BCUT2D eigenvalue weighted by molar-refractivity contribution is 6.05. The molecule has 3 aromatic rings. The van der Waals surface area contributed by atoms with Gasteiger partial charge in [-0.15, -0.1) is 0 Å². The van der Waals surface area contributed by atoms with E-state index < -0.39 is 0 Å². The molecule has 2 aromatic carbocycles. The summed E-state index contributed by atoms with van der Waals surface area (Å²) in [6.07, 6.45) is 5.25. The number of anilines is 1. The van der Waals surface area contributed by atoms with Gasteiger partial charge in [-0.1, -0.05) is 18.6 Å². The molecular formula is C27H31N3O2. The van der Waals surface area contributed by atoms with E-state index in [-0.39, 0.29) is 5.91 Å². The van der Waals surface area contributed by atoms with E-state index in [4.69, 9.17) is 4.74 Å². The molecule has 1 fully saturated rings. The molecule has 1 aliphatic heterocycles. The maximum atomic E-state index is 13.2. The van der Waals surface area contributed by atoms with Gasteiger partial charge < -0.3 is 15.4 Å². The molecule has 5 nitrogen and oxygen atoms in total. The molecule has 1 amide bonds. The van der Waals surface area contributed by atoms with Crippen molar-refractivity contribution in [3.05, 3.63) is 77.1 Å². The molecule has 166 valence electrons. The fourth-order valence-corrected chi connectivity index (χ4v) is 4.42. The van der Waals surface area contributed by atoms with Crippen LogP contribution in [0, 0.1) is 13.8 Å². The number of aryl methyl sites for hydroxylation is 2. The summed E-state index contributed by atoms with van der Waals surface area (Å²) in [5.41, 5.74) is 6.70. The lowest BCUT2D eigenvalue weighted by molar-refractivity contribution is 0.102. The van der Waals surface area contributed by atoms with Crippen LogP contribution in [0.5, 0.6) is 5.75 Å². The van der Waals surface area contributed by atoms with Crippen molar-refractivity contribution in [2.45, 2.75) is 39.0 Å². The van der Waals surface area contributed by atoms with Crippen molar-refractivity contribution in [3.8, 4) is 16.9 Å². The Bertz CT molecular complexity index is 1100. The van der Waals surface area contributed by atoms with Crippen LogP contribution in [0.2, 0.25) is 0 Å². The van der Waals surface area contributed by atoms with Gasteiger partial charge in [0.15, 0.2) is 0 Å². The maximum absolute atomic E-state index is 13.2. The number of methoxy groups -OCH3 is 1. The molecule has 0 radical (unpaired) electrons. The average Bonchev–Trinajstić information content (AvgIpc) is 3.09. The summed E-state index contributed by atoms with van der Waals surface area (Å²) in [5.74, 6) is 1.05. The normalized spacial score (nSPS) is 16.3. The van der Waals surface area contributed by atoms with Gasteiger partial charge >= 0.3 is 0 Å². The van der Waals surface area contributed by atoms with Crippen molar-refractivity contribution >= 4 is 11.6 Å². The molecule has 5 heteroatoms. The van der Waals surface area contributed by atoms with E-state index in [1.807, 2.05) is 55.6 Å². The number of amides is 1. The van der Waals surface area contributed by atoms with Crippen LogP contribution in [0.25, 0.3) is 11.1 Å². The van der Waals surface area contributed by atoms with Crippen LogP contribution in [0.15, 0.2) is 54.7 Å². The number of carbonyl (C=O) groups excluding carboxylic acids is 1. The third-order valence-corrected chi connectivity index (χ3v) is 6.23. The van der Waals surface area contributed by atoms with E-state index in [9.17, 15) is 4.79 Å². The van der Waals surface area contributed by atoms with Crippen molar-refractivity contribution in [2.24, 2.45) is 0 Å². The molecule has 1 aliphatic rings. The summed E-state index contributed by atoms with van der Waals surface area (Å²) >= 11 is 0. The summed E-state index contributed by atoms with van der Waals surface area (Å²) in [4.78, 5) is 17.8. The first-order chi connectivity index (χ1) is 15.6. The molecule has 2 heterocycles. The minimum absolute atomic E-state index is 0.118. The Kier molecular flexibility index (Phi) is 6.86. The lowest BCUT2D eigenvalue weighted by Crippen LogP contribution is -2.22. The van der Waals surface area contributed by atoms with Gasteiger partial charge in [-0.25, -0.2) is 0 Å². The topological polar surface area (TPSA) is 63.2 Å². The van der Waals surface area contributed by atoms with Gasteiger partial charge in [-0.05, 0) is 91.9 Å². The van der Waals surface area contributed by atoms with Gasteiger partial charge in [0.25, 0.3) is 5.91 Å². The number of pyridine rings is 1. The monoisotopic (exact) mass is 429 g/mol. The van der Waals surface area contributed by atoms with Gasteiger partial charge in [-0.2, -0.15) is 0 Å². The third-order valence-electron chi connectivity index (χ3n) is 6.23. The number of hydrogen-bond acceptors (Lipinski definition) is 4. The average molecular weight is 430 g/mol. The zero-order valence-corrected chi connectivity index (χ0v) is 19.1. The van der Waals surface area contributed by atoms with Crippen LogP contribution in [0.1, 0.15) is 52.4 Å². The SMILES string of the molecule is COc1ccc(-c2cc(C(=O)Nc3cccnc3C3CCCCNC3)ccc2C)cc1C. The number of hydrogen-bond donors (Lipinski definition) is 2. The molecule has 32 heavy (non-hydrogen) atoms. The van der Waals surface area contributed by atoms with E-state index >= 15 is 0 Å². The second-order valence-electron chi connectivity index (χ2n) is 8.50. The predicted octanol–water partition coefficient (Wildman–Crippen LogP) is 5.48. The number of nitrogens with one attached hydrogen (secondary N) is 2. The summed E-state index contributed by atoms with van der Waals surface area (Å²) in [6.45, 7) is 6.03. The number of rotatable bonds is 5. The Hall–Kier alpha value is -3.18. The van der Waals surface area contributed by atoms with Crippen LogP contribution in [-0.4, -0.2) is 31.1 Å². The maximum Gasteiger partial charge on any atom is 0.255 e. The van der Waals surface area contributed by atoms with E-state index in [2.05, 4.69) is 28.6 Å². The second kappa shape index (κ2) is 9.96. The first-order valence-corrected chi connectivity index (χ1v) is 11.3. The van der Waals surface area contributed by atoms with E-state index in [0.717, 1.165) is 58.9 Å². The van der Waals surface area contributed by atoms with Crippen molar-refractivity contribution in [2.75, 3.05) is 25.5 Å². The molecule has 0 bridgehead atoms. The Morgan fingerprint density at radius 1 is 1.09 bits per heavy atom. The number of aromatic nitrogens is 1. The molecule has 0 saturated carbocycles. The highest BCUT2D eigenvalue weighted by atomic mass is 16.5. The highest BCUT2D eigenvalue weighted by Gasteiger charge is 2.20. The van der Waals surface area contributed by atoms with Crippen LogP contribution in [0.3, 0.4) is 0 Å². The van der Waals surface area contributed by atoms with Crippen molar-refractivity contribution < 1.29 is 9.53 Å². The minimum atomic E-state index is -0.118. The van der Waals surface area contributed by atoms with E-state index in [1.54, 1.807) is 7.11 Å². The predicted molar refractivity (Wildman–Crippen MR) is 130 cm³/mol. The molecule has 1 aromatic heterocycles. The van der Waals surface area contributed by atoms with Crippen LogP contribution < -0.4 is 15.4 Å². The number of carbonyl (C=O) groups is 1. The first kappa shape index (κ1) is 22.0. The highest BCUT2D eigenvalue weighted by Crippen LogP contribution is 2.31. The lowest BCUT2D eigenvalue weighted by atomic mass is 9.96. The second-order valence-corrected chi connectivity index (χ2v) is 8.50. The molecule has 0 spiro atoms. The fraction of sp³-hybridized carbons (Fsp3) is 0.333. The standard InChI is InChI=1S/C27H31N3O2/c1-18-9-10-21(16-23(18)20-11-12-25(32-3)19(2)15-20)27(31)30-24-8-6-14-29-26(24)22-7-4-5-13-28-17-22/h6,8-12,14-16,22,28H,4-5,7,13,17H2,1-3H3,(H,30,31). The Morgan fingerprint density at radius 3 is 2.78 bits per heavy atom. The number of benzene rings is 2. The van der Waals surface area contributed by atoms with E-state index in [0.29, 0.717) is 11.5 Å². The molecule has 1 unspecified atom stereocenters. The molecule has 2 N–H and O–H groups in total. The summed E-state index contributed by atoms with van der Waals surface area (Å²) in [6, 6.07) is 15.8. The van der Waals surface area contributed by atoms with Gasteiger partial charge in [0.1, 0.15) is 5.75 Å². The van der Waals surface area contributed by atoms with Crippen LogP contribution >= 0.6 is 0 Å². The number of nitrogens with zero attached hydrogens (tertiary/aromatic N) is 1. The molecule has 0 aliphatic carbocycles. The Balaban J connectivity index is 1.60. The largest absolute Gasteiger partial charge is 0.496 e. The lowest BCUT2D eigenvalue weighted by Gasteiger charge is -2.18. The molecule has 4 rings (SSSR count). The zero-order valence-electron chi connectivity index (χ0n) is 19.1. The fourth-order valence-electron chi connectivity index (χ4n) is 4.42. The summed E-state index contributed by atoms with van der Waals surface area (Å²) in [7, 11) is 1.68. The summed E-state index contributed by atoms with van der Waals surface area (Å²) in [5, 5.41) is 6.61. The number of ether oxygens (including phenoxy) is 1. The van der Waals surface area contributed by atoms with Crippen molar-refractivity contribution in [1.82, 2.24) is 10.3 Å². The van der Waals surface area contributed by atoms with Gasteiger partial charge in [0, 0.05) is 24.2 Å². The van der Waals surface area contributed by atoms with E-state index in [1.165, 1.54) is 12.8 Å². The minimum Gasteiger partial charge on any atom is -0.496 e. The smallest absolute Gasteiger partial charge is 0.255 e. The summed E-state index contributed by atoms with van der Waals surface area (Å²) < 4.78 is 5.39. The molecule has 1 atom stereocenters. The Labute approximate surface area is 190 Å². The van der Waals surface area contributed by atoms with Crippen molar-refractivity contribution in [1.29, 1.82) is 0 Å². The molecule has 1 saturated heterocycles. The third kappa shape index (κ3) is 4.83. The van der Waals surface area contributed by atoms with Gasteiger partial charge in [0.2, 0.25) is 0 Å². The zero-order chi connectivity index (χ0) is 22.5. The quantitative estimate of drug-likeness (QED) is 0.563. The molecular weight excluding hydrogens is 398 g/mol. The first-order valence-electron chi connectivity index (χ1n) is 11.3.